The highest BCUT2D eigenvalue weighted by atomic mass is 32.2. The number of hydrogen-bond donors (Lipinski definition) is 2. The van der Waals surface area contributed by atoms with Crippen LogP contribution in [0.2, 0.25) is 0 Å². The predicted octanol–water partition coefficient (Wildman–Crippen LogP) is 0.0695. The minimum Gasteiger partial charge on any atom is -0.355 e. The van der Waals surface area contributed by atoms with E-state index in [9.17, 15) is 13.2 Å². The molecule has 0 saturated heterocycles. The van der Waals surface area contributed by atoms with E-state index < -0.39 is 9.84 Å². The zero-order valence-corrected chi connectivity index (χ0v) is 11.2. The number of rotatable bonds is 9. The second kappa shape index (κ2) is 6.96. The molecule has 17 heavy (non-hydrogen) atoms. The Morgan fingerprint density at radius 2 is 2.00 bits per heavy atom. The van der Waals surface area contributed by atoms with Crippen molar-refractivity contribution >= 4 is 15.7 Å². The van der Waals surface area contributed by atoms with Crippen LogP contribution in [0.25, 0.3) is 0 Å². The quantitative estimate of drug-likeness (QED) is 0.577. The van der Waals surface area contributed by atoms with Crippen LogP contribution in [0.1, 0.15) is 32.6 Å². The number of nitrogens with one attached hydrogen (secondary N) is 2. The molecule has 0 aromatic rings. The molecule has 2 N–H and O–H groups in total. The van der Waals surface area contributed by atoms with Crippen LogP contribution in [0.4, 0.5) is 0 Å². The second-order valence-corrected chi connectivity index (χ2v) is 6.71. The van der Waals surface area contributed by atoms with Crippen molar-refractivity contribution in [3.63, 3.8) is 0 Å². The summed E-state index contributed by atoms with van der Waals surface area (Å²) in [6, 6.07) is 0.602. The Morgan fingerprint density at radius 3 is 2.59 bits per heavy atom. The maximum absolute atomic E-state index is 11.6. The number of carbonyl (C=O) groups is 1. The first-order valence-corrected chi connectivity index (χ1v) is 8.06. The number of amides is 1. The van der Waals surface area contributed by atoms with Gasteiger partial charge in [-0.1, -0.05) is 6.92 Å². The topological polar surface area (TPSA) is 75.3 Å². The molecule has 1 aliphatic carbocycles. The Morgan fingerprint density at radius 1 is 1.29 bits per heavy atom. The maximum Gasteiger partial charge on any atom is 0.235 e. The SMILES string of the molecule is CCCNC(=O)CS(=O)(=O)CCCNC1CC1. The molecule has 1 fully saturated rings. The predicted molar refractivity (Wildman–Crippen MR) is 67.6 cm³/mol. The molecule has 1 aliphatic rings. The van der Waals surface area contributed by atoms with Crippen molar-refractivity contribution in [2.24, 2.45) is 0 Å². The first kappa shape index (κ1) is 14.4. The van der Waals surface area contributed by atoms with Crippen molar-refractivity contribution in [2.45, 2.75) is 38.6 Å². The summed E-state index contributed by atoms with van der Waals surface area (Å²) in [5, 5.41) is 5.83. The van der Waals surface area contributed by atoms with E-state index in [0.29, 0.717) is 19.0 Å². The molecule has 0 bridgehead atoms. The Balaban J connectivity index is 2.12. The largest absolute Gasteiger partial charge is 0.355 e. The van der Waals surface area contributed by atoms with Crippen LogP contribution in [-0.2, 0) is 14.6 Å². The van der Waals surface area contributed by atoms with Crippen LogP contribution in [0.15, 0.2) is 0 Å². The van der Waals surface area contributed by atoms with Crippen molar-refractivity contribution in [3.8, 4) is 0 Å². The fourth-order valence-corrected chi connectivity index (χ4v) is 2.70. The van der Waals surface area contributed by atoms with Crippen LogP contribution in [0.5, 0.6) is 0 Å². The zero-order valence-electron chi connectivity index (χ0n) is 10.4. The lowest BCUT2D eigenvalue weighted by molar-refractivity contribution is -0.118. The van der Waals surface area contributed by atoms with Gasteiger partial charge in [0.05, 0.1) is 5.75 Å². The van der Waals surface area contributed by atoms with Crippen molar-refractivity contribution < 1.29 is 13.2 Å². The summed E-state index contributed by atoms with van der Waals surface area (Å²) in [5.41, 5.74) is 0. The summed E-state index contributed by atoms with van der Waals surface area (Å²) in [7, 11) is -3.24. The second-order valence-electron chi connectivity index (χ2n) is 4.52. The molecule has 1 amide bonds. The van der Waals surface area contributed by atoms with Gasteiger partial charge in [-0.05, 0) is 32.2 Å². The first-order chi connectivity index (χ1) is 8.03. The summed E-state index contributed by atoms with van der Waals surface area (Å²) in [6.45, 7) is 3.19. The van der Waals surface area contributed by atoms with E-state index in [0.717, 1.165) is 13.0 Å². The number of hydrogen-bond acceptors (Lipinski definition) is 4. The molecule has 0 heterocycles. The monoisotopic (exact) mass is 262 g/mol. The van der Waals surface area contributed by atoms with Gasteiger partial charge in [0, 0.05) is 12.6 Å². The van der Waals surface area contributed by atoms with Gasteiger partial charge in [0.2, 0.25) is 5.91 Å². The average Bonchev–Trinajstić information content (AvgIpc) is 3.05. The zero-order chi connectivity index (χ0) is 12.7. The van der Waals surface area contributed by atoms with E-state index in [2.05, 4.69) is 10.6 Å². The summed E-state index contributed by atoms with van der Waals surface area (Å²) < 4.78 is 23.2. The Hall–Kier alpha value is -0.620. The van der Waals surface area contributed by atoms with Crippen molar-refractivity contribution in [1.29, 1.82) is 0 Å². The van der Waals surface area contributed by atoms with Crippen LogP contribution in [-0.4, -0.2) is 45.0 Å². The van der Waals surface area contributed by atoms with E-state index >= 15 is 0 Å². The third-order valence-electron chi connectivity index (χ3n) is 2.57. The minimum atomic E-state index is -3.24. The van der Waals surface area contributed by atoms with E-state index in [1.54, 1.807) is 0 Å². The highest BCUT2D eigenvalue weighted by molar-refractivity contribution is 7.92. The van der Waals surface area contributed by atoms with E-state index in [1.165, 1.54) is 12.8 Å². The lowest BCUT2D eigenvalue weighted by atomic mass is 10.5. The van der Waals surface area contributed by atoms with Gasteiger partial charge in [-0.2, -0.15) is 0 Å². The maximum atomic E-state index is 11.6. The highest BCUT2D eigenvalue weighted by Gasteiger charge is 2.20. The molecule has 0 atom stereocenters. The molecule has 0 radical (unpaired) electrons. The Bertz CT molecular complexity index is 337. The van der Waals surface area contributed by atoms with Gasteiger partial charge in [-0.15, -0.1) is 0 Å². The summed E-state index contributed by atoms with van der Waals surface area (Å²) in [6.07, 6.45) is 3.80. The number of sulfone groups is 1. The molecule has 0 aromatic carbocycles. The van der Waals surface area contributed by atoms with Crippen LogP contribution in [0.3, 0.4) is 0 Å². The molecular formula is C11H22N2O3S. The molecule has 0 aromatic heterocycles. The third kappa shape index (κ3) is 7.33. The Labute approximate surface area is 103 Å². The molecule has 0 spiro atoms. The normalized spacial score (nSPS) is 15.8. The van der Waals surface area contributed by atoms with Gasteiger partial charge in [0.1, 0.15) is 5.75 Å². The summed E-state index contributed by atoms with van der Waals surface area (Å²) in [5.74, 6) is -0.676. The van der Waals surface area contributed by atoms with Gasteiger partial charge in [0.15, 0.2) is 9.84 Å². The van der Waals surface area contributed by atoms with E-state index in [-0.39, 0.29) is 17.4 Å². The molecule has 1 saturated carbocycles. The van der Waals surface area contributed by atoms with Gasteiger partial charge in [-0.3, -0.25) is 4.79 Å². The van der Waals surface area contributed by atoms with Crippen LogP contribution >= 0.6 is 0 Å². The van der Waals surface area contributed by atoms with Gasteiger partial charge in [0.25, 0.3) is 0 Å². The highest BCUT2D eigenvalue weighted by Crippen LogP contribution is 2.18. The van der Waals surface area contributed by atoms with Crippen molar-refractivity contribution in [1.82, 2.24) is 10.6 Å². The standard InChI is InChI=1S/C11H22N2O3S/c1-2-6-13-11(14)9-17(15,16)8-3-7-12-10-4-5-10/h10,12H,2-9H2,1H3,(H,13,14). The smallest absolute Gasteiger partial charge is 0.235 e. The van der Waals surface area contributed by atoms with E-state index in [4.69, 9.17) is 0 Å². The summed E-state index contributed by atoms with van der Waals surface area (Å²) >= 11 is 0. The van der Waals surface area contributed by atoms with Crippen molar-refractivity contribution in [3.05, 3.63) is 0 Å². The Kier molecular flexibility index (Phi) is 5.91. The van der Waals surface area contributed by atoms with Gasteiger partial charge < -0.3 is 10.6 Å². The van der Waals surface area contributed by atoms with Crippen LogP contribution in [0, 0.1) is 0 Å². The molecule has 0 aliphatic heterocycles. The average molecular weight is 262 g/mol. The molecule has 6 heteroatoms. The molecular weight excluding hydrogens is 240 g/mol. The molecule has 5 nitrogen and oxygen atoms in total. The lowest BCUT2D eigenvalue weighted by Crippen LogP contribution is -2.32. The van der Waals surface area contributed by atoms with Crippen molar-refractivity contribution in [2.75, 3.05) is 24.6 Å². The fraction of sp³-hybridized carbons (Fsp3) is 0.909. The fourth-order valence-electron chi connectivity index (χ4n) is 1.47. The lowest BCUT2D eigenvalue weighted by Gasteiger charge is -2.06. The summed E-state index contributed by atoms with van der Waals surface area (Å²) in [4.78, 5) is 11.3. The first-order valence-electron chi connectivity index (χ1n) is 6.24. The number of carbonyl (C=O) groups excluding carboxylic acids is 1. The molecule has 0 unspecified atom stereocenters. The van der Waals surface area contributed by atoms with Gasteiger partial charge in [-0.25, -0.2) is 8.42 Å². The van der Waals surface area contributed by atoms with Gasteiger partial charge >= 0.3 is 0 Å². The minimum absolute atomic E-state index is 0.0895. The van der Waals surface area contributed by atoms with Crippen LogP contribution < -0.4 is 10.6 Å². The molecule has 1 rings (SSSR count). The van der Waals surface area contributed by atoms with E-state index in [1.807, 2.05) is 6.92 Å². The molecule has 100 valence electrons. The third-order valence-corrected chi connectivity index (χ3v) is 4.18.